The summed E-state index contributed by atoms with van der Waals surface area (Å²) in [5.41, 5.74) is 1.01. The molecule has 1 fully saturated rings. The zero-order valence-electron chi connectivity index (χ0n) is 19.5. The molecule has 4 rings (SSSR count). The Labute approximate surface area is 205 Å². The van der Waals surface area contributed by atoms with Crippen molar-refractivity contribution in [2.45, 2.75) is 58.0 Å². The minimum absolute atomic E-state index is 0.0340. The highest BCUT2D eigenvalue weighted by Crippen LogP contribution is 2.28. The Morgan fingerprint density at radius 1 is 1.18 bits per heavy atom. The minimum Gasteiger partial charge on any atom is -0.358 e. The van der Waals surface area contributed by atoms with Crippen LogP contribution in [0.25, 0.3) is 5.82 Å². The molecule has 1 amide bonds. The summed E-state index contributed by atoms with van der Waals surface area (Å²) >= 11 is 5.99. The second-order valence-corrected chi connectivity index (χ2v) is 9.15. The van der Waals surface area contributed by atoms with Crippen molar-refractivity contribution in [2.24, 2.45) is 5.92 Å². The van der Waals surface area contributed by atoms with Crippen molar-refractivity contribution in [1.82, 2.24) is 24.8 Å². The highest BCUT2D eigenvalue weighted by Gasteiger charge is 2.25. The average Bonchev–Trinajstić information content (AvgIpc) is 3.39. The molecule has 0 bridgehead atoms. The van der Waals surface area contributed by atoms with E-state index in [1.807, 2.05) is 48.0 Å². The highest BCUT2D eigenvalue weighted by molar-refractivity contribution is 6.30. The van der Waals surface area contributed by atoms with Crippen molar-refractivity contribution in [1.29, 1.82) is 0 Å². The highest BCUT2D eigenvalue weighted by atomic mass is 35.5. The maximum absolute atomic E-state index is 13.3. The summed E-state index contributed by atoms with van der Waals surface area (Å²) in [5.74, 6) is 2.29. The zero-order chi connectivity index (χ0) is 23.8. The first-order chi connectivity index (χ1) is 16.6. The standard InChI is InChI=1S/C25H32ClN7O/c1-2-28-25-31-22(15-23(32-25)33-13-12-27-17-33)30-21(14-18-6-4-3-5-7-18)24(34)29-16-19-8-10-20(26)11-9-19/h8-13,15,17-18,21H,2-7,14,16H2,1H3,(H,29,34)(H2,28,30,31,32). The van der Waals surface area contributed by atoms with Crippen molar-refractivity contribution in [3.63, 3.8) is 0 Å². The molecule has 0 saturated heterocycles. The van der Waals surface area contributed by atoms with Gasteiger partial charge in [0.2, 0.25) is 11.9 Å². The van der Waals surface area contributed by atoms with E-state index in [1.54, 1.807) is 12.5 Å². The van der Waals surface area contributed by atoms with Crippen LogP contribution >= 0.6 is 11.6 Å². The smallest absolute Gasteiger partial charge is 0.242 e. The van der Waals surface area contributed by atoms with Crippen LogP contribution in [0.2, 0.25) is 5.02 Å². The number of benzene rings is 1. The summed E-state index contributed by atoms with van der Waals surface area (Å²) in [6, 6.07) is 8.98. The molecule has 0 radical (unpaired) electrons. The fourth-order valence-corrected chi connectivity index (χ4v) is 4.48. The van der Waals surface area contributed by atoms with E-state index in [4.69, 9.17) is 11.6 Å². The second kappa shape index (κ2) is 11.8. The molecule has 2 heterocycles. The molecule has 0 spiro atoms. The van der Waals surface area contributed by atoms with E-state index < -0.39 is 6.04 Å². The molecule has 1 aromatic carbocycles. The lowest BCUT2D eigenvalue weighted by atomic mass is 9.84. The summed E-state index contributed by atoms with van der Waals surface area (Å²) in [6.07, 6.45) is 12.1. The van der Waals surface area contributed by atoms with E-state index in [2.05, 4.69) is 30.9 Å². The van der Waals surface area contributed by atoms with Gasteiger partial charge >= 0.3 is 0 Å². The largest absolute Gasteiger partial charge is 0.358 e. The summed E-state index contributed by atoms with van der Waals surface area (Å²) < 4.78 is 1.82. The fourth-order valence-electron chi connectivity index (χ4n) is 4.35. The van der Waals surface area contributed by atoms with E-state index in [9.17, 15) is 4.79 Å². The second-order valence-electron chi connectivity index (χ2n) is 8.72. The number of hydrogen-bond acceptors (Lipinski definition) is 6. The Morgan fingerprint density at radius 2 is 1.97 bits per heavy atom. The minimum atomic E-state index is -0.393. The lowest BCUT2D eigenvalue weighted by Crippen LogP contribution is -2.41. The Hall–Kier alpha value is -3.13. The van der Waals surface area contributed by atoms with Gasteiger partial charge in [0.25, 0.3) is 0 Å². The SMILES string of the molecule is CCNc1nc(NC(CC2CCCCC2)C(=O)NCc2ccc(Cl)cc2)cc(-n2ccnc2)n1. The van der Waals surface area contributed by atoms with Gasteiger partial charge in [-0.1, -0.05) is 55.8 Å². The van der Waals surface area contributed by atoms with Gasteiger partial charge in [-0.05, 0) is 37.0 Å². The molecule has 3 N–H and O–H groups in total. The number of aromatic nitrogens is 4. The van der Waals surface area contributed by atoms with Gasteiger partial charge < -0.3 is 16.0 Å². The van der Waals surface area contributed by atoms with Crippen molar-refractivity contribution in [2.75, 3.05) is 17.2 Å². The Kier molecular flexibility index (Phi) is 8.36. The first-order valence-electron chi connectivity index (χ1n) is 12.0. The van der Waals surface area contributed by atoms with Crippen LogP contribution < -0.4 is 16.0 Å². The Bertz CT molecular complexity index is 1050. The molecule has 1 saturated carbocycles. The molecule has 180 valence electrons. The van der Waals surface area contributed by atoms with Crippen LogP contribution in [0, 0.1) is 5.92 Å². The van der Waals surface area contributed by atoms with Crippen LogP contribution in [0.15, 0.2) is 49.1 Å². The van der Waals surface area contributed by atoms with E-state index in [0.717, 1.165) is 24.8 Å². The number of nitrogens with one attached hydrogen (secondary N) is 3. The quantitative estimate of drug-likeness (QED) is 0.384. The van der Waals surface area contributed by atoms with E-state index in [-0.39, 0.29) is 5.91 Å². The van der Waals surface area contributed by atoms with Crippen molar-refractivity contribution >= 4 is 29.3 Å². The first-order valence-corrected chi connectivity index (χ1v) is 12.4. The van der Waals surface area contributed by atoms with Crippen LogP contribution in [0.4, 0.5) is 11.8 Å². The third kappa shape index (κ3) is 6.70. The van der Waals surface area contributed by atoms with Crippen molar-refractivity contribution in [3.05, 3.63) is 59.6 Å². The Morgan fingerprint density at radius 3 is 2.68 bits per heavy atom. The van der Waals surface area contributed by atoms with Gasteiger partial charge in [0.15, 0.2) is 0 Å². The molecule has 1 unspecified atom stereocenters. The summed E-state index contributed by atoms with van der Waals surface area (Å²) in [4.78, 5) is 26.6. The third-order valence-electron chi connectivity index (χ3n) is 6.13. The van der Waals surface area contributed by atoms with Gasteiger partial charge in [-0.3, -0.25) is 9.36 Å². The van der Waals surface area contributed by atoms with Gasteiger partial charge in [0.05, 0.1) is 0 Å². The summed E-state index contributed by atoms with van der Waals surface area (Å²) in [7, 11) is 0. The molecular formula is C25H32ClN7O. The van der Waals surface area contributed by atoms with Crippen molar-refractivity contribution < 1.29 is 4.79 Å². The maximum atomic E-state index is 13.3. The Balaban J connectivity index is 1.53. The van der Waals surface area contributed by atoms with Gasteiger partial charge in [-0.15, -0.1) is 0 Å². The van der Waals surface area contributed by atoms with Gasteiger partial charge in [-0.25, -0.2) is 4.98 Å². The molecule has 1 atom stereocenters. The number of amides is 1. The van der Waals surface area contributed by atoms with Crippen LogP contribution in [-0.4, -0.2) is 38.0 Å². The number of nitrogens with zero attached hydrogens (tertiary/aromatic N) is 4. The number of hydrogen-bond donors (Lipinski definition) is 3. The number of halogens is 1. The molecule has 1 aliphatic carbocycles. The maximum Gasteiger partial charge on any atom is 0.242 e. The van der Waals surface area contributed by atoms with Crippen LogP contribution in [0.1, 0.15) is 51.0 Å². The predicted octanol–water partition coefficient (Wildman–Crippen LogP) is 4.81. The van der Waals surface area contributed by atoms with E-state index in [0.29, 0.717) is 41.6 Å². The van der Waals surface area contributed by atoms with Gasteiger partial charge in [-0.2, -0.15) is 9.97 Å². The van der Waals surface area contributed by atoms with Gasteiger partial charge in [0.1, 0.15) is 24.0 Å². The topological polar surface area (TPSA) is 96.8 Å². The monoisotopic (exact) mass is 481 g/mol. The molecule has 0 aliphatic heterocycles. The third-order valence-corrected chi connectivity index (χ3v) is 6.38. The molecule has 9 heteroatoms. The van der Waals surface area contributed by atoms with Gasteiger partial charge in [0, 0.05) is 36.6 Å². The average molecular weight is 482 g/mol. The fraction of sp³-hybridized carbons (Fsp3) is 0.440. The number of rotatable bonds is 10. The molecule has 34 heavy (non-hydrogen) atoms. The molecular weight excluding hydrogens is 450 g/mol. The van der Waals surface area contributed by atoms with Crippen molar-refractivity contribution in [3.8, 4) is 5.82 Å². The van der Waals surface area contributed by atoms with E-state index in [1.165, 1.54) is 19.3 Å². The van der Waals surface area contributed by atoms with Crippen LogP contribution in [0.3, 0.4) is 0 Å². The lowest BCUT2D eigenvalue weighted by molar-refractivity contribution is -0.122. The van der Waals surface area contributed by atoms with E-state index >= 15 is 0 Å². The molecule has 3 aromatic rings. The number of anilines is 2. The zero-order valence-corrected chi connectivity index (χ0v) is 20.3. The van der Waals surface area contributed by atoms with Crippen LogP contribution in [-0.2, 0) is 11.3 Å². The number of carbonyl (C=O) groups is 1. The number of imidazole rings is 1. The number of carbonyl (C=O) groups excluding carboxylic acids is 1. The molecule has 2 aromatic heterocycles. The summed E-state index contributed by atoms with van der Waals surface area (Å²) in [6.45, 7) is 3.14. The lowest BCUT2D eigenvalue weighted by Gasteiger charge is -2.27. The van der Waals surface area contributed by atoms with Crippen LogP contribution in [0.5, 0.6) is 0 Å². The summed E-state index contributed by atoms with van der Waals surface area (Å²) in [5, 5.41) is 10.4. The molecule has 8 nitrogen and oxygen atoms in total. The molecule has 1 aliphatic rings. The normalized spacial score (nSPS) is 15.0. The predicted molar refractivity (Wildman–Crippen MR) is 135 cm³/mol. The first kappa shape index (κ1) is 24.0.